The van der Waals surface area contributed by atoms with Gasteiger partial charge in [0.1, 0.15) is 0 Å². The molecule has 6 heteroatoms. The first kappa shape index (κ1) is 13.9. The molecule has 0 saturated heterocycles. The third-order valence-electron chi connectivity index (χ3n) is 2.26. The van der Waals surface area contributed by atoms with Gasteiger partial charge >= 0.3 is 0 Å². The summed E-state index contributed by atoms with van der Waals surface area (Å²) in [6.45, 7) is 0. The van der Waals surface area contributed by atoms with E-state index >= 15 is 0 Å². The van der Waals surface area contributed by atoms with Crippen LogP contribution in [0.25, 0.3) is 0 Å². The van der Waals surface area contributed by atoms with Crippen molar-refractivity contribution in [3.63, 3.8) is 0 Å². The van der Waals surface area contributed by atoms with Crippen molar-refractivity contribution in [2.75, 3.05) is 16.8 Å². The molecule has 0 bridgehead atoms. The highest BCUT2D eigenvalue weighted by molar-refractivity contribution is 9.10. The van der Waals surface area contributed by atoms with Gasteiger partial charge in [-0.15, -0.1) is 0 Å². The lowest BCUT2D eigenvalue weighted by atomic mass is 10.3. The molecule has 4 nitrogen and oxygen atoms in total. The van der Waals surface area contributed by atoms with Crippen LogP contribution < -0.4 is 11.1 Å². The molecule has 1 aromatic carbocycles. The molecule has 2 aromatic rings. The number of pyridine rings is 1. The number of aromatic nitrogens is 1. The van der Waals surface area contributed by atoms with Gasteiger partial charge in [0, 0.05) is 16.4 Å². The molecule has 2 rings (SSSR count). The summed E-state index contributed by atoms with van der Waals surface area (Å²) < 4.78 is 0.767. The van der Waals surface area contributed by atoms with Gasteiger partial charge in [-0.05, 0) is 46.3 Å². The van der Waals surface area contributed by atoms with Crippen molar-refractivity contribution >= 4 is 45.0 Å². The first-order valence-corrected chi connectivity index (χ1v) is 7.32. The molecule has 0 unspecified atom stereocenters. The standard InChI is InChI=1S/C13H12BrN3OS/c14-10-7-9(15)4-5-11(10)17-12(18)8-19-13-3-1-2-6-16-13/h1-7H,8,15H2,(H,17,18). The van der Waals surface area contributed by atoms with Crippen molar-refractivity contribution in [3.8, 4) is 0 Å². The van der Waals surface area contributed by atoms with Crippen LogP contribution in [0.15, 0.2) is 52.1 Å². The fourth-order valence-corrected chi connectivity index (χ4v) is 2.55. The molecule has 1 aromatic heterocycles. The van der Waals surface area contributed by atoms with Crippen LogP contribution in [0.5, 0.6) is 0 Å². The summed E-state index contributed by atoms with van der Waals surface area (Å²) in [4.78, 5) is 16.0. The Bertz CT molecular complexity index is 577. The number of hydrogen-bond acceptors (Lipinski definition) is 4. The van der Waals surface area contributed by atoms with Gasteiger partial charge in [0.05, 0.1) is 16.5 Å². The third kappa shape index (κ3) is 4.25. The number of amides is 1. The van der Waals surface area contributed by atoms with Crippen LogP contribution in [0.3, 0.4) is 0 Å². The molecular formula is C13H12BrN3OS. The predicted molar refractivity (Wildman–Crippen MR) is 82.1 cm³/mol. The van der Waals surface area contributed by atoms with Crippen molar-refractivity contribution in [1.29, 1.82) is 0 Å². The first-order chi connectivity index (χ1) is 9.15. The summed E-state index contributed by atoms with van der Waals surface area (Å²) in [5, 5.41) is 3.65. The Labute approximate surface area is 123 Å². The van der Waals surface area contributed by atoms with Gasteiger partial charge in [0.25, 0.3) is 0 Å². The van der Waals surface area contributed by atoms with Gasteiger partial charge in [-0.1, -0.05) is 17.8 Å². The van der Waals surface area contributed by atoms with E-state index in [9.17, 15) is 4.79 Å². The van der Waals surface area contributed by atoms with Gasteiger partial charge in [-0.25, -0.2) is 4.98 Å². The van der Waals surface area contributed by atoms with Crippen LogP contribution in [0.1, 0.15) is 0 Å². The zero-order valence-corrected chi connectivity index (χ0v) is 12.4. The maximum Gasteiger partial charge on any atom is 0.234 e. The highest BCUT2D eigenvalue weighted by Gasteiger charge is 2.07. The second-order valence-corrected chi connectivity index (χ2v) is 5.59. The zero-order chi connectivity index (χ0) is 13.7. The van der Waals surface area contributed by atoms with Crippen molar-refractivity contribution in [2.45, 2.75) is 5.03 Å². The number of carbonyl (C=O) groups is 1. The molecule has 0 saturated carbocycles. The number of benzene rings is 1. The van der Waals surface area contributed by atoms with Gasteiger partial charge in [-0.2, -0.15) is 0 Å². The lowest BCUT2D eigenvalue weighted by Crippen LogP contribution is -2.14. The molecule has 19 heavy (non-hydrogen) atoms. The highest BCUT2D eigenvalue weighted by atomic mass is 79.9. The first-order valence-electron chi connectivity index (χ1n) is 5.54. The summed E-state index contributed by atoms with van der Waals surface area (Å²) in [6, 6.07) is 10.9. The van der Waals surface area contributed by atoms with Crippen LogP contribution >= 0.6 is 27.7 Å². The SMILES string of the molecule is Nc1ccc(NC(=O)CSc2ccccn2)c(Br)c1. The smallest absolute Gasteiger partial charge is 0.234 e. The minimum Gasteiger partial charge on any atom is -0.399 e. The number of hydrogen-bond donors (Lipinski definition) is 2. The summed E-state index contributed by atoms with van der Waals surface area (Å²) in [5.41, 5.74) is 6.99. The highest BCUT2D eigenvalue weighted by Crippen LogP contribution is 2.25. The molecule has 98 valence electrons. The van der Waals surface area contributed by atoms with E-state index in [4.69, 9.17) is 5.73 Å². The Morgan fingerprint density at radius 2 is 2.21 bits per heavy atom. The van der Waals surface area contributed by atoms with Crippen molar-refractivity contribution < 1.29 is 4.79 Å². The van der Waals surface area contributed by atoms with E-state index in [1.54, 1.807) is 24.4 Å². The van der Waals surface area contributed by atoms with Gasteiger partial charge in [0.2, 0.25) is 5.91 Å². The monoisotopic (exact) mass is 337 g/mol. The van der Waals surface area contributed by atoms with E-state index in [1.165, 1.54) is 11.8 Å². The molecule has 0 atom stereocenters. The molecule has 0 radical (unpaired) electrons. The van der Waals surface area contributed by atoms with Gasteiger partial charge < -0.3 is 11.1 Å². The molecule has 0 aliphatic carbocycles. The van der Waals surface area contributed by atoms with Crippen LogP contribution in [0.2, 0.25) is 0 Å². The number of anilines is 2. The zero-order valence-electron chi connectivity index (χ0n) is 9.97. The number of carbonyl (C=O) groups excluding carboxylic acids is 1. The minimum absolute atomic E-state index is 0.0823. The van der Waals surface area contributed by atoms with Crippen LogP contribution in [-0.4, -0.2) is 16.6 Å². The summed E-state index contributed by atoms with van der Waals surface area (Å²) in [6.07, 6.45) is 1.71. The second-order valence-electron chi connectivity index (χ2n) is 3.74. The Balaban J connectivity index is 1.91. The van der Waals surface area contributed by atoms with Crippen molar-refractivity contribution in [1.82, 2.24) is 4.98 Å². The molecule has 0 aliphatic heterocycles. The molecule has 3 N–H and O–H groups in total. The second kappa shape index (κ2) is 6.58. The average molecular weight is 338 g/mol. The lowest BCUT2D eigenvalue weighted by Gasteiger charge is -2.07. The largest absolute Gasteiger partial charge is 0.399 e. The molecular weight excluding hydrogens is 326 g/mol. The minimum atomic E-state index is -0.0823. The van der Waals surface area contributed by atoms with Crippen molar-refractivity contribution in [3.05, 3.63) is 47.1 Å². The normalized spacial score (nSPS) is 10.2. The molecule has 1 amide bonds. The maximum absolute atomic E-state index is 11.8. The summed E-state index contributed by atoms with van der Waals surface area (Å²) in [7, 11) is 0. The molecule has 0 aliphatic rings. The van der Waals surface area contributed by atoms with E-state index in [-0.39, 0.29) is 5.91 Å². The van der Waals surface area contributed by atoms with E-state index in [0.717, 1.165) is 9.50 Å². The Morgan fingerprint density at radius 3 is 2.89 bits per heavy atom. The number of nitrogens with two attached hydrogens (primary N) is 1. The van der Waals surface area contributed by atoms with Gasteiger partial charge in [-0.3, -0.25) is 4.79 Å². The van der Waals surface area contributed by atoms with E-state index in [2.05, 4.69) is 26.2 Å². The number of nitrogen functional groups attached to an aromatic ring is 1. The predicted octanol–water partition coefficient (Wildman–Crippen LogP) is 3.16. The topological polar surface area (TPSA) is 68.0 Å². The number of halogens is 1. The number of nitrogens with one attached hydrogen (secondary N) is 1. The van der Waals surface area contributed by atoms with Crippen LogP contribution in [-0.2, 0) is 4.79 Å². The number of nitrogens with zero attached hydrogens (tertiary/aromatic N) is 1. The Morgan fingerprint density at radius 1 is 1.37 bits per heavy atom. The van der Waals surface area contributed by atoms with E-state index < -0.39 is 0 Å². The molecule has 0 fully saturated rings. The Hall–Kier alpha value is -1.53. The van der Waals surface area contributed by atoms with Crippen molar-refractivity contribution in [2.24, 2.45) is 0 Å². The lowest BCUT2D eigenvalue weighted by molar-refractivity contribution is -0.113. The maximum atomic E-state index is 11.8. The van der Waals surface area contributed by atoms with E-state index in [1.807, 2.05) is 18.2 Å². The number of thioether (sulfide) groups is 1. The molecule has 0 spiro atoms. The fourth-order valence-electron chi connectivity index (χ4n) is 1.39. The quantitative estimate of drug-likeness (QED) is 0.664. The third-order valence-corrected chi connectivity index (χ3v) is 3.86. The fraction of sp³-hybridized carbons (Fsp3) is 0.0769. The summed E-state index contributed by atoms with van der Waals surface area (Å²) in [5.74, 6) is 0.231. The summed E-state index contributed by atoms with van der Waals surface area (Å²) >= 11 is 4.75. The average Bonchev–Trinajstić information content (AvgIpc) is 2.41. The van der Waals surface area contributed by atoms with Crippen LogP contribution in [0.4, 0.5) is 11.4 Å². The van der Waals surface area contributed by atoms with Crippen LogP contribution in [0, 0.1) is 0 Å². The number of rotatable bonds is 4. The Kier molecular flexibility index (Phi) is 4.81. The van der Waals surface area contributed by atoms with Gasteiger partial charge in [0.15, 0.2) is 0 Å². The van der Waals surface area contributed by atoms with E-state index in [0.29, 0.717) is 17.1 Å². The molecule has 1 heterocycles.